The number of hydrogen-bond acceptors (Lipinski definition) is 3. The molecule has 0 amide bonds. The maximum absolute atomic E-state index is 4.25. The lowest BCUT2D eigenvalue weighted by molar-refractivity contribution is 0.895. The number of aromatic nitrogens is 1. The third-order valence-corrected chi connectivity index (χ3v) is 2.06. The van der Waals surface area contributed by atoms with Gasteiger partial charge in [-0.15, -0.1) is 11.8 Å². The van der Waals surface area contributed by atoms with Gasteiger partial charge in [0, 0.05) is 6.04 Å². The molecule has 0 unspecified atom stereocenters. The van der Waals surface area contributed by atoms with Crippen molar-refractivity contribution in [1.29, 1.82) is 0 Å². The van der Waals surface area contributed by atoms with E-state index in [1.54, 1.807) is 11.8 Å². The third kappa shape index (κ3) is 2.74. The molecule has 0 saturated carbocycles. The van der Waals surface area contributed by atoms with Crippen LogP contribution >= 0.6 is 11.8 Å². The van der Waals surface area contributed by atoms with Crippen LogP contribution in [0.5, 0.6) is 0 Å². The lowest BCUT2D eigenvalue weighted by atomic mass is 10.3. The molecule has 3 heteroatoms. The molecule has 0 aromatic carbocycles. The van der Waals surface area contributed by atoms with Gasteiger partial charge in [-0.05, 0) is 32.2 Å². The van der Waals surface area contributed by atoms with Crippen molar-refractivity contribution < 1.29 is 0 Å². The van der Waals surface area contributed by atoms with E-state index >= 15 is 0 Å². The highest BCUT2D eigenvalue weighted by Gasteiger charge is 1.95. The topological polar surface area (TPSA) is 24.9 Å². The number of hydrogen-bond donors (Lipinski definition) is 1. The smallest absolute Gasteiger partial charge is 0.0958 e. The van der Waals surface area contributed by atoms with E-state index in [9.17, 15) is 0 Å². The standard InChI is InChI=1S/C9H14N2S/c1-7(2)11-8-4-5-9(12-3)10-6-8/h4-7,11H,1-3H3. The molecule has 1 N–H and O–H groups in total. The number of thioether (sulfide) groups is 1. The molecule has 0 radical (unpaired) electrons. The van der Waals surface area contributed by atoms with Gasteiger partial charge >= 0.3 is 0 Å². The van der Waals surface area contributed by atoms with Gasteiger partial charge in [0.15, 0.2) is 0 Å². The van der Waals surface area contributed by atoms with Gasteiger partial charge in [-0.3, -0.25) is 0 Å². The highest BCUT2D eigenvalue weighted by atomic mass is 32.2. The van der Waals surface area contributed by atoms with E-state index in [4.69, 9.17) is 0 Å². The van der Waals surface area contributed by atoms with Crippen molar-refractivity contribution in [1.82, 2.24) is 4.98 Å². The van der Waals surface area contributed by atoms with Crippen LogP contribution in [-0.2, 0) is 0 Å². The van der Waals surface area contributed by atoms with Gasteiger partial charge in [0.2, 0.25) is 0 Å². The second kappa shape index (κ2) is 4.36. The molecule has 0 bridgehead atoms. The summed E-state index contributed by atoms with van der Waals surface area (Å²) in [4.78, 5) is 4.25. The summed E-state index contributed by atoms with van der Waals surface area (Å²) < 4.78 is 0. The Balaban J connectivity index is 2.65. The quantitative estimate of drug-likeness (QED) is 0.727. The van der Waals surface area contributed by atoms with Crippen LogP contribution in [0.4, 0.5) is 5.69 Å². The number of pyridine rings is 1. The van der Waals surface area contributed by atoms with E-state index < -0.39 is 0 Å². The monoisotopic (exact) mass is 182 g/mol. The largest absolute Gasteiger partial charge is 0.382 e. The SMILES string of the molecule is CSc1ccc(NC(C)C)cn1. The van der Waals surface area contributed by atoms with E-state index in [0.717, 1.165) is 10.7 Å². The zero-order valence-corrected chi connectivity index (χ0v) is 8.48. The van der Waals surface area contributed by atoms with Crippen LogP contribution < -0.4 is 5.32 Å². The first-order valence-electron chi connectivity index (χ1n) is 3.99. The second-order valence-electron chi connectivity index (χ2n) is 2.89. The number of anilines is 1. The molecule has 0 fully saturated rings. The summed E-state index contributed by atoms with van der Waals surface area (Å²) in [6.45, 7) is 4.23. The summed E-state index contributed by atoms with van der Waals surface area (Å²) in [5.41, 5.74) is 1.09. The fourth-order valence-electron chi connectivity index (χ4n) is 0.920. The molecule has 0 saturated heterocycles. The van der Waals surface area contributed by atoms with E-state index in [-0.39, 0.29) is 0 Å². The maximum Gasteiger partial charge on any atom is 0.0958 e. The van der Waals surface area contributed by atoms with Gasteiger partial charge in [0.05, 0.1) is 16.9 Å². The van der Waals surface area contributed by atoms with Gasteiger partial charge in [0.25, 0.3) is 0 Å². The van der Waals surface area contributed by atoms with Gasteiger partial charge in [-0.2, -0.15) is 0 Å². The van der Waals surface area contributed by atoms with Crippen LogP contribution in [0, 0.1) is 0 Å². The van der Waals surface area contributed by atoms with Crippen molar-refractivity contribution in [3.05, 3.63) is 18.3 Å². The Labute approximate surface area is 77.8 Å². The molecule has 0 aliphatic carbocycles. The van der Waals surface area contributed by atoms with Gasteiger partial charge in [-0.1, -0.05) is 0 Å². The molecule has 1 heterocycles. The summed E-state index contributed by atoms with van der Waals surface area (Å²) in [5, 5.41) is 4.34. The Morgan fingerprint density at radius 2 is 2.17 bits per heavy atom. The van der Waals surface area contributed by atoms with Gasteiger partial charge in [0.1, 0.15) is 0 Å². The molecule has 66 valence electrons. The van der Waals surface area contributed by atoms with Crippen LogP contribution in [0.15, 0.2) is 23.4 Å². The summed E-state index contributed by atoms with van der Waals surface area (Å²) in [6.07, 6.45) is 3.89. The summed E-state index contributed by atoms with van der Waals surface area (Å²) >= 11 is 1.66. The van der Waals surface area contributed by atoms with Gasteiger partial charge < -0.3 is 5.32 Å². The maximum atomic E-state index is 4.25. The van der Waals surface area contributed by atoms with Crippen molar-refractivity contribution in [2.45, 2.75) is 24.9 Å². The zero-order chi connectivity index (χ0) is 8.97. The molecule has 2 nitrogen and oxygen atoms in total. The Morgan fingerprint density at radius 3 is 2.58 bits per heavy atom. The fourth-order valence-corrected chi connectivity index (χ4v) is 1.28. The van der Waals surface area contributed by atoms with Gasteiger partial charge in [-0.25, -0.2) is 4.98 Å². The second-order valence-corrected chi connectivity index (χ2v) is 3.71. The highest BCUT2D eigenvalue weighted by Crippen LogP contribution is 2.14. The molecule has 1 rings (SSSR count). The Morgan fingerprint density at radius 1 is 1.42 bits per heavy atom. The Kier molecular flexibility index (Phi) is 3.41. The first-order chi connectivity index (χ1) is 5.72. The Hall–Kier alpha value is -0.700. The molecule has 1 aromatic rings. The molecule has 0 atom stereocenters. The van der Waals surface area contributed by atoms with Crippen molar-refractivity contribution in [2.75, 3.05) is 11.6 Å². The van der Waals surface area contributed by atoms with E-state index in [1.807, 2.05) is 18.5 Å². The lowest BCUT2D eigenvalue weighted by Gasteiger charge is -2.08. The molecule has 0 aliphatic rings. The summed E-state index contributed by atoms with van der Waals surface area (Å²) in [7, 11) is 0. The molecular weight excluding hydrogens is 168 g/mol. The minimum atomic E-state index is 0.465. The minimum absolute atomic E-state index is 0.465. The Bertz CT molecular complexity index is 231. The van der Waals surface area contributed by atoms with Crippen molar-refractivity contribution in [3.63, 3.8) is 0 Å². The lowest BCUT2D eigenvalue weighted by Crippen LogP contribution is -2.09. The average Bonchev–Trinajstić information content (AvgIpc) is 2.05. The normalized spacial score (nSPS) is 10.3. The molecule has 12 heavy (non-hydrogen) atoms. The minimum Gasteiger partial charge on any atom is -0.382 e. The van der Waals surface area contributed by atoms with Crippen molar-refractivity contribution in [3.8, 4) is 0 Å². The first kappa shape index (κ1) is 9.39. The van der Waals surface area contributed by atoms with Crippen LogP contribution in [0.1, 0.15) is 13.8 Å². The summed E-state index contributed by atoms with van der Waals surface area (Å²) in [5.74, 6) is 0. The van der Waals surface area contributed by atoms with Crippen molar-refractivity contribution >= 4 is 17.4 Å². The van der Waals surface area contributed by atoms with Crippen LogP contribution in [0.2, 0.25) is 0 Å². The van der Waals surface area contributed by atoms with E-state index in [1.165, 1.54) is 0 Å². The molecular formula is C9H14N2S. The third-order valence-electron chi connectivity index (χ3n) is 1.40. The zero-order valence-electron chi connectivity index (χ0n) is 7.66. The molecule has 0 spiro atoms. The van der Waals surface area contributed by atoms with Crippen LogP contribution in [-0.4, -0.2) is 17.3 Å². The van der Waals surface area contributed by atoms with E-state index in [2.05, 4.69) is 30.2 Å². The number of nitrogens with zero attached hydrogens (tertiary/aromatic N) is 1. The fraction of sp³-hybridized carbons (Fsp3) is 0.444. The predicted octanol–water partition coefficient (Wildman–Crippen LogP) is 2.62. The van der Waals surface area contributed by atoms with E-state index in [0.29, 0.717) is 6.04 Å². The summed E-state index contributed by atoms with van der Waals surface area (Å²) in [6, 6.07) is 4.54. The first-order valence-corrected chi connectivity index (χ1v) is 5.21. The van der Waals surface area contributed by atoms with Crippen molar-refractivity contribution in [2.24, 2.45) is 0 Å². The molecule has 0 aliphatic heterocycles. The number of rotatable bonds is 3. The number of nitrogens with one attached hydrogen (secondary N) is 1. The van der Waals surface area contributed by atoms with Crippen LogP contribution in [0.25, 0.3) is 0 Å². The van der Waals surface area contributed by atoms with Crippen LogP contribution in [0.3, 0.4) is 0 Å². The highest BCUT2D eigenvalue weighted by molar-refractivity contribution is 7.98. The average molecular weight is 182 g/mol. The molecule has 1 aromatic heterocycles. The predicted molar refractivity (Wildman–Crippen MR) is 54.8 cm³/mol.